The Morgan fingerprint density at radius 3 is 2.55 bits per heavy atom. The molecular formula is C23H30N4OS. The standard InChI is InChI=1S/C23H30N4OS/c1-16(2)11-12-27-17(3)13-20(18(27)4)21(28)15-29-23-25-24-22(26(23)5)14-19-9-7-6-8-10-19/h6-10,13,16H,11-12,14-15H2,1-5H3. The third-order valence-electron chi connectivity index (χ3n) is 5.27. The molecule has 154 valence electrons. The van der Waals surface area contributed by atoms with Crippen molar-refractivity contribution in [2.45, 2.75) is 52.2 Å². The first kappa shape index (κ1) is 21.4. The maximum absolute atomic E-state index is 12.9. The van der Waals surface area contributed by atoms with Gasteiger partial charge in [-0.05, 0) is 37.8 Å². The molecule has 0 bridgehead atoms. The molecule has 0 saturated heterocycles. The summed E-state index contributed by atoms with van der Waals surface area (Å²) in [5.41, 5.74) is 4.24. The van der Waals surface area contributed by atoms with Crippen molar-refractivity contribution in [2.75, 3.05) is 5.75 Å². The van der Waals surface area contributed by atoms with Gasteiger partial charge < -0.3 is 9.13 Å². The Kier molecular flexibility index (Phi) is 6.96. The number of Topliss-reactive ketones (excluding diaryl/α,β-unsaturated/α-hetero) is 1. The molecule has 0 fully saturated rings. The van der Waals surface area contributed by atoms with Gasteiger partial charge in [-0.15, -0.1) is 10.2 Å². The summed E-state index contributed by atoms with van der Waals surface area (Å²) in [6.07, 6.45) is 1.84. The largest absolute Gasteiger partial charge is 0.348 e. The molecule has 1 aromatic carbocycles. The molecule has 2 heterocycles. The number of hydrogen-bond acceptors (Lipinski definition) is 4. The molecule has 0 atom stereocenters. The van der Waals surface area contributed by atoms with E-state index in [9.17, 15) is 4.79 Å². The molecule has 0 spiro atoms. The van der Waals surface area contributed by atoms with Crippen LogP contribution in [0.3, 0.4) is 0 Å². The van der Waals surface area contributed by atoms with Crippen LogP contribution in [0.5, 0.6) is 0 Å². The molecule has 0 aliphatic rings. The lowest BCUT2D eigenvalue weighted by Crippen LogP contribution is -2.08. The minimum Gasteiger partial charge on any atom is -0.348 e. The fraction of sp³-hybridized carbons (Fsp3) is 0.435. The Labute approximate surface area is 177 Å². The number of rotatable bonds is 9. The fourth-order valence-corrected chi connectivity index (χ4v) is 4.24. The third-order valence-corrected chi connectivity index (χ3v) is 6.29. The number of carbonyl (C=O) groups is 1. The first-order valence-electron chi connectivity index (χ1n) is 10.1. The van der Waals surface area contributed by atoms with E-state index >= 15 is 0 Å². The quantitative estimate of drug-likeness (QED) is 0.374. The SMILES string of the molecule is Cc1cc(C(=O)CSc2nnc(Cc3ccccc3)n2C)c(C)n1CCC(C)C. The predicted molar refractivity (Wildman–Crippen MR) is 119 cm³/mol. The molecule has 0 aliphatic heterocycles. The van der Waals surface area contributed by atoms with E-state index in [4.69, 9.17) is 0 Å². The molecule has 0 unspecified atom stereocenters. The van der Waals surface area contributed by atoms with Crippen LogP contribution in [0.25, 0.3) is 0 Å². The number of hydrogen-bond donors (Lipinski definition) is 0. The first-order valence-corrected chi connectivity index (χ1v) is 11.1. The summed E-state index contributed by atoms with van der Waals surface area (Å²) >= 11 is 1.45. The second-order valence-corrected chi connectivity index (χ2v) is 8.89. The van der Waals surface area contributed by atoms with Crippen LogP contribution in [0.1, 0.15) is 53.4 Å². The summed E-state index contributed by atoms with van der Waals surface area (Å²) in [4.78, 5) is 12.9. The lowest BCUT2D eigenvalue weighted by atomic mass is 10.1. The molecule has 0 amide bonds. The number of aromatic nitrogens is 4. The van der Waals surface area contributed by atoms with Crippen LogP contribution >= 0.6 is 11.8 Å². The molecular weight excluding hydrogens is 380 g/mol. The maximum atomic E-state index is 12.9. The minimum absolute atomic E-state index is 0.145. The van der Waals surface area contributed by atoms with Gasteiger partial charge >= 0.3 is 0 Å². The molecule has 2 aromatic heterocycles. The van der Waals surface area contributed by atoms with Gasteiger partial charge in [0.2, 0.25) is 0 Å². The number of benzene rings is 1. The summed E-state index contributed by atoms with van der Waals surface area (Å²) in [6.45, 7) is 9.54. The molecule has 0 saturated carbocycles. The van der Waals surface area contributed by atoms with Crippen LogP contribution in [0.2, 0.25) is 0 Å². The highest BCUT2D eigenvalue weighted by Gasteiger charge is 2.18. The van der Waals surface area contributed by atoms with Crippen LogP contribution in [0.15, 0.2) is 41.6 Å². The molecule has 3 rings (SSSR count). The zero-order valence-corrected chi connectivity index (χ0v) is 18.8. The van der Waals surface area contributed by atoms with Crippen LogP contribution in [0, 0.1) is 19.8 Å². The topological polar surface area (TPSA) is 52.7 Å². The summed E-state index contributed by atoms with van der Waals surface area (Å²) in [7, 11) is 1.96. The van der Waals surface area contributed by atoms with Crippen molar-refractivity contribution < 1.29 is 4.79 Å². The van der Waals surface area contributed by atoms with Gasteiger partial charge in [0.25, 0.3) is 0 Å². The van der Waals surface area contributed by atoms with Gasteiger partial charge in [0.15, 0.2) is 10.9 Å². The third kappa shape index (κ3) is 5.18. The number of ketones is 1. The van der Waals surface area contributed by atoms with Gasteiger partial charge in [-0.2, -0.15) is 0 Å². The van der Waals surface area contributed by atoms with Crippen molar-refractivity contribution in [1.82, 2.24) is 19.3 Å². The van der Waals surface area contributed by atoms with E-state index in [0.717, 1.165) is 47.3 Å². The Balaban J connectivity index is 1.65. The average molecular weight is 411 g/mol. The summed E-state index contributed by atoms with van der Waals surface area (Å²) in [6, 6.07) is 12.2. The predicted octanol–water partition coefficient (Wildman–Crippen LogP) is 4.85. The summed E-state index contributed by atoms with van der Waals surface area (Å²) < 4.78 is 4.25. The van der Waals surface area contributed by atoms with Crippen LogP contribution in [0.4, 0.5) is 0 Å². The highest BCUT2D eigenvalue weighted by molar-refractivity contribution is 7.99. The van der Waals surface area contributed by atoms with Gasteiger partial charge in [-0.25, -0.2) is 0 Å². The molecule has 3 aromatic rings. The van der Waals surface area contributed by atoms with E-state index < -0.39 is 0 Å². The molecule has 5 nitrogen and oxygen atoms in total. The van der Waals surface area contributed by atoms with Crippen molar-refractivity contribution in [1.29, 1.82) is 0 Å². The molecule has 6 heteroatoms. The Morgan fingerprint density at radius 1 is 1.14 bits per heavy atom. The van der Waals surface area contributed by atoms with Gasteiger partial charge in [0.05, 0.1) is 5.75 Å². The maximum Gasteiger partial charge on any atom is 0.191 e. The molecule has 0 radical (unpaired) electrons. The fourth-order valence-electron chi connectivity index (χ4n) is 3.43. The number of nitrogens with zero attached hydrogens (tertiary/aromatic N) is 4. The molecule has 0 N–H and O–H groups in total. The molecule has 29 heavy (non-hydrogen) atoms. The van der Waals surface area contributed by atoms with Gasteiger partial charge in [0, 0.05) is 37.0 Å². The van der Waals surface area contributed by atoms with Gasteiger partial charge in [0.1, 0.15) is 5.82 Å². The van der Waals surface area contributed by atoms with Crippen molar-refractivity contribution in [3.63, 3.8) is 0 Å². The zero-order chi connectivity index (χ0) is 21.0. The Hall–Kier alpha value is -2.34. The van der Waals surface area contributed by atoms with E-state index in [1.54, 1.807) is 0 Å². The zero-order valence-electron chi connectivity index (χ0n) is 18.0. The Morgan fingerprint density at radius 2 is 1.86 bits per heavy atom. The van der Waals surface area contributed by atoms with Gasteiger partial charge in [-0.3, -0.25) is 4.79 Å². The number of thioether (sulfide) groups is 1. The second-order valence-electron chi connectivity index (χ2n) is 7.95. The van der Waals surface area contributed by atoms with E-state index in [-0.39, 0.29) is 5.78 Å². The first-order chi connectivity index (χ1) is 13.9. The van der Waals surface area contributed by atoms with Crippen molar-refractivity contribution in [3.05, 3.63) is 64.7 Å². The van der Waals surface area contributed by atoms with Crippen LogP contribution in [-0.4, -0.2) is 30.9 Å². The van der Waals surface area contributed by atoms with Crippen LogP contribution < -0.4 is 0 Å². The van der Waals surface area contributed by atoms with E-state index in [1.807, 2.05) is 42.8 Å². The van der Waals surface area contributed by atoms with Crippen molar-refractivity contribution >= 4 is 17.5 Å². The van der Waals surface area contributed by atoms with Crippen molar-refractivity contribution in [3.8, 4) is 0 Å². The second kappa shape index (κ2) is 9.44. The normalized spacial score (nSPS) is 11.4. The lowest BCUT2D eigenvalue weighted by molar-refractivity contribution is 0.102. The highest BCUT2D eigenvalue weighted by Crippen LogP contribution is 2.22. The summed E-state index contributed by atoms with van der Waals surface area (Å²) in [5, 5.41) is 9.38. The van der Waals surface area contributed by atoms with E-state index in [2.05, 4.69) is 47.7 Å². The van der Waals surface area contributed by atoms with Gasteiger partial charge in [-0.1, -0.05) is 55.9 Å². The van der Waals surface area contributed by atoms with Crippen LogP contribution in [-0.2, 0) is 20.0 Å². The summed E-state index contributed by atoms with van der Waals surface area (Å²) in [5.74, 6) is 2.06. The Bertz CT molecular complexity index is 972. The average Bonchev–Trinajstić information content (AvgIpc) is 3.18. The van der Waals surface area contributed by atoms with Crippen molar-refractivity contribution in [2.24, 2.45) is 13.0 Å². The smallest absolute Gasteiger partial charge is 0.191 e. The molecule has 0 aliphatic carbocycles. The monoisotopic (exact) mass is 410 g/mol. The number of carbonyl (C=O) groups excluding carboxylic acids is 1. The highest BCUT2D eigenvalue weighted by atomic mass is 32.2. The minimum atomic E-state index is 0.145. The number of aryl methyl sites for hydroxylation is 1. The van der Waals surface area contributed by atoms with E-state index in [0.29, 0.717) is 11.7 Å². The van der Waals surface area contributed by atoms with E-state index in [1.165, 1.54) is 17.3 Å². The lowest BCUT2D eigenvalue weighted by Gasteiger charge is -2.11.